The number of thiocarbonyl (C=S) groups is 2. The van der Waals surface area contributed by atoms with E-state index in [1.54, 1.807) is 0 Å². The van der Waals surface area contributed by atoms with Gasteiger partial charge in [0.2, 0.25) is 0 Å². The maximum atomic E-state index is 5.51. The van der Waals surface area contributed by atoms with Crippen molar-refractivity contribution in [1.82, 2.24) is 21.3 Å². The molecule has 3 aliphatic rings. The lowest BCUT2D eigenvalue weighted by Crippen LogP contribution is -2.81. The Balaban J connectivity index is 2.00. The van der Waals surface area contributed by atoms with E-state index < -0.39 is 0 Å². The molecule has 0 bridgehead atoms. The fourth-order valence-electron chi connectivity index (χ4n) is 4.63. The molecule has 3 fully saturated rings. The zero-order valence-electron chi connectivity index (χ0n) is 13.2. The van der Waals surface area contributed by atoms with Crippen LogP contribution in [0.15, 0.2) is 0 Å². The predicted octanol–water partition coefficient (Wildman–Crippen LogP) is 1.71. The molecule has 2 aliphatic heterocycles. The van der Waals surface area contributed by atoms with Gasteiger partial charge < -0.3 is 21.3 Å². The van der Waals surface area contributed by atoms with Gasteiger partial charge in [-0.25, -0.2) is 0 Å². The van der Waals surface area contributed by atoms with Gasteiger partial charge in [-0.05, 0) is 49.1 Å². The van der Waals surface area contributed by atoms with Crippen LogP contribution in [0.4, 0.5) is 0 Å². The Hall–Kier alpha value is -0.620. The van der Waals surface area contributed by atoms with Crippen LogP contribution in [0.25, 0.3) is 0 Å². The Bertz CT molecular complexity index is 421. The summed E-state index contributed by atoms with van der Waals surface area (Å²) in [4.78, 5) is 0. The third-order valence-corrected chi connectivity index (χ3v) is 5.94. The first-order chi connectivity index (χ1) is 9.85. The van der Waals surface area contributed by atoms with Gasteiger partial charge in [0, 0.05) is 23.9 Å². The van der Waals surface area contributed by atoms with Gasteiger partial charge >= 0.3 is 0 Å². The van der Waals surface area contributed by atoms with Crippen LogP contribution in [-0.2, 0) is 0 Å². The summed E-state index contributed by atoms with van der Waals surface area (Å²) >= 11 is 11.0. The third kappa shape index (κ3) is 2.31. The van der Waals surface area contributed by atoms with E-state index in [4.69, 9.17) is 24.4 Å². The van der Waals surface area contributed by atoms with Gasteiger partial charge in [-0.2, -0.15) is 0 Å². The molecule has 1 aliphatic carbocycles. The summed E-state index contributed by atoms with van der Waals surface area (Å²) in [5.74, 6) is 2.12. The van der Waals surface area contributed by atoms with Crippen LogP contribution in [0, 0.1) is 23.7 Å². The smallest absolute Gasteiger partial charge is 0.168 e. The number of hydrogen-bond donors (Lipinski definition) is 4. The average molecular weight is 327 g/mol. The van der Waals surface area contributed by atoms with Crippen LogP contribution in [0.3, 0.4) is 0 Å². The lowest BCUT2D eigenvalue weighted by atomic mass is 9.74. The van der Waals surface area contributed by atoms with Crippen molar-refractivity contribution in [3.05, 3.63) is 0 Å². The molecule has 2 saturated heterocycles. The molecule has 0 radical (unpaired) electrons. The highest BCUT2D eigenvalue weighted by molar-refractivity contribution is 7.80. The number of hydrogen-bond acceptors (Lipinski definition) is 2. The molecule has 118 valence electrons. The summed E-state index contributed by atoms with van der Waals surface area (Å²) in [5.41, 5.74) is -0.172. The van der Waals surface area contributed by atoms with E-state index in [2.05, 4.69) is 49.0 Å². The molecule has 6 heteroatoms. The molecule has 0 aromatic carbocycles. The number of rotatable bonds is 2. The minimum atomic E-state index is -0.172. The van der Waals surface area contributed by atoms with Crippen LogP contribution < -0.4 is 21.3 Å². The molecule has 4 unspecified atom stereocenters. The molecular weight excluding hydrogens is 300 g/mol. The van der Waals surface area contributed by atoms with E-state index in [0.717, 1.165) is 10.2 Å². The van der Waals surface area contributed by atoms with Crippen molar-refractivity contribution in [3.63, 3.8) is 0 Å². The molecule has 0 amide bonds. The minimum Gasteiger partial charge on any atom is -0.359 e. The Morgan fingerprint density at radius 3 is 1.57 bits per heavy atom. The maximum Gasteiger partial charge on any atom is 0.168 e. The van der Waals surface area contributed by atoms with Gasteiger partial charge in [0.25, 0.3) is 0 Å². The third-order valence-electron chi connectivity index (χ3n) is 5.50. The monoisotopic (exact) mass is 326 g/mol. The highest BCUT2D eigenvalue weighted by atomic mass is 32.1. The summed E-state index contributed by atoms with van der Waals surface area (Å²) in [6.45, 7) is 9.08. The van der Waals surface area contributed by atoms with E-state index >= 15 is 0 Å². The fourth-order valence-corrected chi connectivity index (χ4v) is 5.24. The van der Waals surface area contributed by atoms with Crippen LogP contribution in [0.5, 0.6) is 0 Å². The Labute approximate surface area is 138 Å². The predicted molar refractivity (Wildman–Crippen MR) is 93.9 cm³/mol. The summed E-state index contributed by atoms with van der Waals surface area (Å²) in [6, 6.07) is 0.815. The Morgan fingerprint density at radius 1 is 0.857 bits per heavy atom. The minimum absolute atomic E-state index is 0.172. The van der Waals surface area contributed by atoms with Crippen molar-refractivity contribution in [3.8, 4) is 0 Å². The second-order valence-corrected chi connectivity index (χ2v) is 8.21. The van der Waals surface area contributed by atoms with Gasteiger partial charge in [0.05, 0.1) is 0 Å². The van der Waals surface area contributed by atoms with Gasteiger partial charge in [0.15, 0.2) is 10.2 Å². The summed E-state index contributed by atoms with van der Waals surface area (Å²) in [6.07, 6.45) is 2.41. The molecule has 0 aromatic heterocycles. The first-order valence-corrected chi connectivity index (χ1v) is 8.84. The van der Waals surface area contributed by atoms with Crippen LogP contribution >= 0.6 is 24.4 Å². The van der Waals surface area contributed by atoms with Gasteiger partial charge in [0.1, 0.15) is 5.66 Å². The first-order valence-electron chi connectivity index (χ1n) is 8.02. The zero-order valence-corrected chi connectivity index (χ0v) is 14.8. The molecule has 2 heterocycles. The highest BCUT2D eigenvalue weighted by Crippen LogP contribution is 2.47. The topological polar surface area (TPSA) is 48.1 Å². The van der Waals surface area contributed by atoms with Crippen molar-refractivity contribution in [2.24, 2.45) is 23.7 Å². The molecule has 4 atom stereocenters. The maximum absolute atomic E-state index is 5.51. The van der Waals surface area contributed by atoms with E-state index in [0.29, 0.717) is 35.8 Å². The van der Waals surface area contributed by atoms with Crippen molar-refractivity contribution >= 4 is 34.7 Å². The van der Waals surface area contributed by atoms with Gasteiger partial charge in [-0.1, -0.05) is 27.7 Å². The summed E-state index contributed by atoms with van der Waals surface area (Å²) < 4.78 is 0. The van der Waals surface area contributed by atoms with E-state index in [9.17, 15) is 0 Å². The number of nitrogens with one attached hydrogen (secondary N) is 4. The van der Waals surface area contributed by atoms with E-state index in [1.807, 2.05) is 0 Å². The zero-order chi connectivity index (χ0) is 15.4. The summed E-state index contributed by atoms with van der Waals surface area (Å²) in [7, 11) is 0. The van der Waals surface area contributed by atoms with Crippen LogP contribution in [0.1, 0.15) is 40.5 Å². The molecule has 3 rings (SSSR count). The average Bonchev–Trinajstić information content (AvgIpc) is 2.74. The van der Waals surface area contributed by atoms with Crippen molar-refractivity contribution in [2.45, 2.75) is 58.3 Å². The summed E-state index contributed by atoms with van der Waals surface area (Å²) in [5, 5.41) is 15.7. The Kier molecular flexibility index (Phi) is 3.81. The van der Waals surface area contributed by atoms with Crippen LogP contribution in [-0.4, -0.2) is 28.0 Å². The van der Waals surface area contributed by atoms with E-state index in [-0.39, 0.29) is 5.66 Å². The van der Waals surface area contributed by atoms with E-state index in [1.165, 1.54) is 12.8 Å². The largest absolute Gasteiger partial charge is 0.359 e. The standard InChI is InChI=1S/C15H26N4S2/c1-7(2)11-9-5-6-10-12(8(3)4)17-14(21)19-15(9,10)18-13(20)16-11/h7-12H,5-6H2,1-4H3,(H2,16,18,20)(H2,17,19,21). The van der Waals surface area contributed by atoms with Crippen molar-refractivity contribution in [1.29, 1.82) is 0 Å². The highest BCUT2D eigenvalue weighted by Gasteiger charge is 2.60. The lowest BCUT2D eigenvalue weighted by molar-refractivity contribution is 0.0819. The van der Waals surface area contributed by atoms with Crippen molar-refractivity contribution < 1.29 is 0 Å². The molecular formula is C15H26N4S2. The van der Waals surface area contributed by atoms with Crippen LogP contribution in [0.2, 0.25) is 0 Å². The SMILES string of the molecule is CC(C)C1NC(=S)NC23NC(=S)NC(C(C)C)C2CCC13. The quantitative estimate of drug-likeness (QED) is 0.580. The molecule has 1 spiro atoms. The molecule has 4 N–H and O–H groups in total. The molecule has 4 nitrogen and oxygen atoms in total. The lowest BCUT2D eigenvalue weighted by Gasteiger charge is -2.55. The second kappa shape index (κ2) is 5.23. The Morgan fingerprint density at radius 2 is 1.24 bits per heavy atom. The van der Waals surface area contributed by atoms with Gasteiger partial charge in [-0.3, -0.25) is 0 Å². The van der Waals surface area contributed by atoms with Crippen molar-refractivity contribution in [2.75, 3.05) is 0 Å². The second-order valence-electron chi connectivity index (χ2n) is 7.40. The molecule has 1 saturated carbocycles. The first kappa shape index (κ1) is 15.3. The molecule has 0 aromatic rings. The van der Waals surface area contributed by atoms with Gasteiger partial charge in [-0.15, -0.1) is 0 Å². The normalized spacial score (nSPS) is 41.8. The molecule has 21 heavy (non-hydrogen) atoms. The fraction of sp³-hybridized carbons (Fsp3) is 0.867.